The van der Waals surface area contributed by atoms with Crippen molar-refractivity contribution in [3.05, 3.63) is 18.2 Å². The van der Waals surface area contributed by atoms with E-state index < -0.39 is 0 Å². The Balaban J connectivity index is 2.42. The van der Waals surface area contributed by atoms with Gasteiger partial charge in [-0.15, -0.1) is 0 Å². The highest BCUT2D eigenvalue weighted by molar-refractivity contribution is 4.82. The Morgan fingerprint density at radius 1 is 1.60 bits per heavy atom. The Bertz CT molecular complexity index is 191. The molecular weight excluding hydrogens is 124 g/mol. The molecular formula is C8H15N2+. The number of aryl methyl sites for hydroxylation is 2. The number of nitrogens with zero attached hydrogens (tertiary/aromatic N) is 1. The van der Waals surface area contributed by atoms with Crippen molar-refractivity contribution >= 4 is 0 Å². The summed E-state index contributed by atoms with van der Waals surface area (Å²) in [6.45, 7) is 5.42. The molecule has 1 heterocycles. The summed E-state index contributed by atoms with van der Waals surface area (Å²) < 4.78 is 2.19. The summed E-state index contributed by atoms with van der Waals surface area (Å²) in [6, 6.07) is 0. The maximum atomic E-state index is 3.14. The first-order valence-corrected chi connectivity index (χ1v) is 3.87. The van der Waals surface area contributed by atoms with E-state index >= 15 is 0 Å². The predicted molar refractivity (Wildman–Crippen MR) is 40.6 cm³/mol. The Morgan fingerprint density at radius 2 is 2.40 bits per heavy atom. The zero-order valence-corrected chi connectivity index (χ0v) is 6.72. The molecule has 0 spiro atoms. The number of aromatic amines is 1. The Hall–Kier alpha value is -0.790. The molecule has 0 aliphatic heterocycles. The maximum absolute atomic E-state index is 3.14. The van der Waals surface area contributed by atoms with Crippen LogP contribution in [0.5, 0.6) is 0 Å². The Morgan fingerprint density at radius 3 is 2.90 bits per heavy atom. The van der Waals surface area contributed by atoms with Crippen molar-refractivity contribution in [1.29, 1.82) is 0 Å². The fraction of sp³-hybridized carbons (Fsp3) is 0.625. The van der Waals surface area contributed by atoms with Crippen molar-refractivity contribution in [2.45, 2.75) is 33.2 Å². The molecule has 1 rings (SSSR count). The van der Waals surface area contributed by atoms with Crippen LogP contribution in [-0.2, 0) is 6.54 Å². The second-order valence-corrected chi connectivity index (χ2v) is 2.68. The SMILES string of the molecule is CCCC[n+]1c[nH]c(C)c1. The van der Waals surface area contributed by atoms with E-state index in [1.165, 1.54) is 18.5 Å². The monoisotopic (exact) mass is 139 g/mol. The van der Waals surface area contributed by atoms with Crippen LogP contribution in [0.4, 0.5) is 0 Å². The van der Waals surface area contributed by atoms with Gasteiger partial charge in [-0.05, 0) is 6.42 Å². The fourth-order valence-corrected chi connectivity index (χ4v) is 0.978. The minimum absolute atomic E-state index is 1.14. The van der Waals surface area contributed by atoms with Crippen LogP contribution in [0.1, 0.15) is 25.5 Å². The van der Waals surface area contributed by atoms with E-state index in [0.29, 0.717) is 0 Å². The van der Waals surface area contributed by atoms with Crippen molar-refractivity contribution in [2.75, 3.05) is 0 Å². The molecule has 0 saturated heterocycles. The molecule has 0 bridgehead atoms. The lowest BCUT2D eigenvalue weighted by Crippen LogP contribution is -2.30. The van der Waals surface area contributed by atoms with Crippen LogP contribution >= 0.6 is 0 Å². The average Bonchev–Trinajstić information content (AvgIpc) is 2.31. The summed E-state index contributed by atoms with van der Waals surface area (Å²) in [7, 11) is 0. The van der Waals surface area contributed by atoms with E-state index in [2.05, 4.69) is 29.6 Å². The van der Waals surface area contributed by atoms with Gasteiger partial charge in [0.2, 0.25) is 6.33 Å². The number of unbranched alkanes of at least 4 members (excludes halogenated alkanes) is 1. The van der Waals surface area contributed by atoms with E-state index in [1.807, 2.05) is 6.33 Å². The van der Waals surface area contributed by atoms with Crippen molar-refractivity contribution in [2.24, 2.45) is 0 Å². The standard InChI is InChI=1S/C8H14N2/c1-3-4-5-10-6-8(2)9-7-10/h6-7H,3-5H2,1-2H3/p+1. The smallest absolute Gasteiger partial charge is 0.241 e. The number of rotatable bonds is 3. The molecule has 0 unspecified atom stereocenters. The zero-order chi connectivity index (χ0) is 7.40. The lowest BCUT2D eigenvalue weighted by atomic mass is 10.3. The van der Waals surface area contributed by atoms with Crippen LogP contribution in [-0.4, -0.2) is 4.98 Å². The van der Waals surface area contributed by atoms with Gasteiger partial charge in [0.05, 0.1) is 6.54 Å². The van der Waals surface area contributed by atoms with E-state index in [4.69, 9.17) is 0 Å². The molecule has 56 valence electrons. The summed E-state index contributed by atoms with van der Waals surface area (Å²) >= 11 is 0. The number of aromatic nitrogens is 2. The van der Waals surface area contributed by atoms with Crippen molar-refractivity contribution in [3.63, 3.8) is 0 Å². The van der Waals surface area contributed by atoms with Gasteiger partial charge in [0.25, 0.3) is 0 Å². The third-order valence-corrected chi connectivity index (χ3v) is 1.59. The molecule has 1 aromatic rings. The van der Waals surface area contributed by atoms with Gasteiger partial charge in [-0.25, -0.2) is 9.55 Å². The highest BCUT2D eigenvalue weighted by Gasteiger charge is 1.97. The molecule has 0 aromatic carbocycles. The first-order chi connectivity index (χ1) is 4.83. The highest BCUT2D eigenvalue weighted by Crippen LogP contribution is 1.87. The molecule has 0 saturated carbocycles. The van der Waals surface area contributed by atoms with Crippen LogP contribution in [0, 0.1) is 6.92 Å². The van der Waals surface area contributed by atoms with Crippen LogP contribution in [0.25, 0.3) is 0 Å². The van der Waals surface area contributed by atoms with E-state index in [-0.39, 0.29) is 0 Å². The number of H-pyrrole nitrogens is 1. The largest absolute Gasteiger partial charge is 0.248 e. The van der Waals surface area contributed by atoms with Gasteiger partial charge in [0.1, 0.15) is 11.9 Å². The summed E-state index contributed by atoms with van der Waals surface area (Å²) in [5.41, 5.74) is 1.23. The fourth-order valence-electron chi connectivity index (χ4n) is 0.978. The maximum Gasteiger partial charge on any atom is 0.241 e. The topological polar surface area (TPSA) is 19.7 Å². The number of hydrogen-bond donors (Lipinski definition) is 1. The van der Waals surface area contributed by atoms with Crippen LogP contribution in [0.3, 0.4) is 0 Å². The van der Waals surface area contributed by atoms with Gasteiger partial charge in [-0.1, -0.05) is 13.3 Å². The third-order valence-electron chi connectivity index (χ3n) is 1.59. The molecule has 0 atom stereocenters. The second-order valence-electron chi connectivity index (χ2n) is 2.68. The Labute approximate surface area is 61.9 Å². The van der Waals surface area contributed by atoms with Gasteiger partial charge in [-0.2, -0.15) is 0 Å². The van der Waals surface area contributed by atoms with Crippen molar-refractivity contribution in [1.82, 2.24) is 4.98 Å². The van der Waals surface area contributed by atoms with Crippen LogP contribution in [0.2, 0.25) is 0 Å². The van der Waals surface area contributed by atoms with Gasteiger partial charge >= 0.3 is 0 Å². The van der Waals surface area contributed by atoms with Gasteiger partial charge in [0.15, 0.2) is 0 Å². The normalized spacial score (nSPS) is 10.2. The average molecular weight is 139 g/mol. The minimum atomic E-state index is 1.14. The Kier molecular flexibility index (Phi) is 2.49. The number of nitrogens with one attached hydrogen (secondary N) is 1. The van der Waals surface area contributed by atoms with Crippen LogP contribution < -0.4 is 4.57 Å². The number of imidazole rings is 1. The first kappa shape index (κ1) is 7.32. The quantitative estimate of drug-likeness (QED) is 0.611. The molecule has 1 aromatic heterocycles. The predicted octanol–water partition coefficient (Wildman–Crippen LogP) is 1.41. The molecule has 2 heteroatoms. The third kappa shape index (κ3) is 1.87. The molecule has 0 aliphatic carbocycles. The summed E-state index contributed by atoms with van der Waals surface area (Å²) in [4.78, 5) is 3.14. The summed E-state index contributed by atoms with van der Waals surface area (Å²) in [5.74, 6) is 0. The lowest BCUT2D eigenvalue weighted by molar-refractivity contribution is -0.696. The second kappa shape index (κ2) is 3.40. The van der Waals surface area contributed by atoms with Crippen molar-refractivity contribution < 1.29 is 4.57 Å². The van der Waals surface area contributed by atoms with Gasteiger partial charge in [0, 0.05) is 6.92 Å². The molecule has 0 aliphatic rings. The summed E-state index contributed by atoms with van der Waals surface area (Å²) in [6.07, 6.45) is 6.68. The first-order valence-electron chi connectivity index (χ1n) is 3.87. The molecule has 0 radical (unpaired) electrons. The van der Waals surface area contributed by atoms with Crippen molar-refractivity contribution in [3.8, 4) is 0 Å². The van der Waals surface area contributed by atoms with Gasteiger partial charge < -0.3 is 0 Å². The summed E-state index contributed by atoms with van der Waals surface area (Å²) in [5, 5.41) is 0. The van der Waals surface area contributed by atoms with E-state index in [0.717, 1.165) is 6.54 Å². The van der Waals surface area contributed by atoms with Gasteiger partial charge in [-0.3, -0.25) is 0 Å². The lowest BCUT2D eigenvalue weighted by Gasteiger charge is -1.90. The highest BCUT2D eigenvalue weighted by atomic mass is 15.0. The molecule has 10 heavy (non-hydrogen) atoms. The van der Waals surface area contributed by atoms with E-state index in [9.17, 15) is 0 Å². The molecule has 2 nitrogen and oxygen atoms in total. The minimum Gasteiger partial charge on any atom is -0.248 e. The van der Waals surface area contributed by atoms with E-state index in [1.54, 1.807) is 0 Å². The van der Waals surface area contributed by atoms with Crippen LogP contribution in [0.15, 0.2) is 12.5 Å². The molecule has 0 fully saturated rings. The molecule has 0 amide bonds. The zero-order valence-electron chi connectivity index (χ0n) is 6.72. The number of hydrogen-bond acceptors (Lipinski definition) is 0. The molecule has 1 N–H and O–H groups in total.